The van der Waals surface area contributed by atoms with Gasteiger partial charge in [0, 0.05) is 18.1 Å². The van der Waals surface area contributed by atoms with Crippen LogP contribution in [0.2, 0.25) is 5.02 Å². The number of hydrogen-bond acceptors (Lipinski definition) is 5. The van der Waals surface area contributed by atoms with E-state index in [1.54, 1.807) is 74.5 Å². The number of nitrogens with zero attached hydrogens (tertiary/aromatic N) is 2. The molecular formula is C28H32ClN3O5S. The number of ether oxygens (including phenoxy) is 1. The second-order valence-electron chi connectivity index (χ2n) is 8.68. The lowest BCUT2D eigenvalue weighted by molar-refractivity contribution is -0.139. The second-order valence-corrected chi connectivity index (χ2v) is 10.9. The Morgan fingerprint density at radius 2 is 1.63 bits per heavy atom. The molecule has 0 radical (unpaired) electrons. The zero-order valence-corrected chi connectivity index (χ0v) is 23.4. The molecule has 0 bridgehead atoms. The summed E-state index contributed by atoms with van der Waals surface area (Å²) in [6.07, 6.45) is 0. The molecule has 0 fully saturated rings. The van der Waals surface area contributed by atoms with Crippen molar-refractivity contribution in [3.63, 3.8) is 0 Å². The first kappa shape index (κ1) is 29.0. The molecule has 0 aromatic heterocycles. The van der Waals surface area contributed by atoms with Gasteiger partial charge in [-0.15, -0.1) is 0 Å². The molecule has 0 unspecified atom stereocenters. The molecule has 3 rings (SSSR count). The molecule has 0 aliphatic heterocycles. The van der Waals surface area contributed by atoms with Crippen molar-refractivity contribution >= 4 is 39.1 Å². The maximum absolute atomic E-state index is 13.9. The van der Waals surface area contributed by atoms with Crippen LogP contribution in [-0.2, 0) is 26.2 Å². The van der Waals surface area contributed by atoms with E-state index in [-0.39, 0.29) is 28.8 Å². The average Bonchev–Trinajstić information content (AvgIpc) is 2.91. The summed E-state index contributed by atoms with van der Waals surface area (Å²) in [7, 11) is -2.76. The minimum absolute atomic E-state index is 0.0150. The molecule has 202 valence electrons. The Bertz CT molecular complexity index is 1380. The number of amides is 2. The van der Waals surface area contributed by atoms with Crippen molar-refractivity contribution in [3.8, 4) is 5.75 Å². The number of carbonyl (C=O) groups excluding carboxylic acids is 2. The molecule has 10 heteroatoms. The van der Waals surface area contributed by atoms with Gasteiger partial charge < -0.3 is 15.0 Å². The van der Waals surface area contributed by atoms with Gasteiger partial charge >= 0.3 is 0 Å². The van der Waals surface area contributed by atoms with E-state index in [1.165, 1.54) is 24.1 Å². The number of benzene rings is 3. The number of rotatable bonds is 11. The van der Waals surface area contributed by atoms with Crippen molar-refractivity contribution in [3.05, 3.63) is 88.9 Å². The van der Waals surface area contributed by atoms with Crippen LogP contribution in [0.25, 0.3) is 0 Å². The predicted octanol–water partition coefficient (Wildman–Crippen LogP) is 4.41. The van der Waals surface area contributed by atoms with Gasteiger partial charge in [-0.2, -0.15) is 0 Å². The predicted molar refractivity (Wildman–Crippen MR) is 149 cm³/mol. The number of carbonyl (C=O) groups is 2. The number of aryl methyl sites for hydroxylation is 1. The lowest BCUT2D eigenvalue weighted by Gasteiger charge is -2.32. The van der Waals surface area contributed by atoms with Crippen LogP contribution >= 0.6 is 11.6 Å². The molecule has 2 amide bonds. The quantitative estimate of drug-likeness (QED) is 0.377. The highest BCUT2D eigenvalue weighted by molar-refractivity contribution is 7.92. The molecule has 0 saturated heterocycles. The summed E-state index contributed by atoms with van der Waals surface area (Å²) in [4.78, 5) is 28.0. The molecule has 3 aromatic rings. The lowest BCUT2D eigenvalue weighted by Crippen LogP contribution is -2.51. The van der Waals surface area contributed by atoms with E-state index >= 15 is 0 Å². The average molecular weight is 558 g/mol. The first-order chi connectivity index (χ1) is 18.1. The van der Waals surface area contributed by atoms with Gasteiger partial charge in [-0.1, -0.05) is 59.6 Å². The molecular weight excluding hydrogens is 526 g/mol. The van der Waals surface area contributed by atoms with Crippen LogP contribution in [-0.4, -0.2) is 51.4 Å². The van der Waals surface area contributed by atoms with E-state index in [9.17, 15) is 18.0 Å². The summed E-state index contributed by atoms with van der Waals surface area (Å²) < 4.78 is 34.2. The molecule has 38 heavy (non-hydrogen) atoms. The van der Waals surface area contributed by atoms with Crippen molar-refractivity contribution in [1.29, 1.82) is 0 Å². The van der Waals surface area contributed by atoms with Crippen molar-refractivity contribution in [2.45, 2.75) is 38.3 Å². The summed E-state index contributed by atoms with van der Waals surface area (Å²) in [5.74, 6) is -0.659. The molecule has 0 aliphatic rings. The minimum atomic E-state index is -4.19. The molecule has 0 heterocycles. The van der Waals surface area contributed by atoms with E-state index in [4.69, 9.17) is 16.3 Å². The topological polar surface area (TPSA) is 96.0 Å². The van der Waals surface area contributed by atoms with Crippen molar-refractivity contribution in [2.24, 2.45) is 0 Å². The fourth-order valence-electron chi connectivity index (χ4n) is 3.90. The highest BCUT2D eigenvalue weighted by Crippen LogP contribution is 2.32. The largest absolute Gasteiger partial charge is 0.495 e. The van der Waals surface area contributed by atoms with Gasteiger partial charge in [0.15, 0.2) is 0 Å². The third-order valence-corrected chi connectivity index (χ3v) is 8.20. The van der Waals surface area contributed by atoms with E-state index in [1.807, 2.05) is 6.92 Å². The number of nitrogens with one attached hydrogen (secondary N) is 1. The first-order valence-corrected chi connectivity index (χ1v) is 13.9. The van der Waals surface area contributed by atoms with Gasteiger partial charge in [0.1, 0.15) is 18.3 Å². The number of halogens is 1. The minimum Gasteiger partial charge on any atom is -0.495 e. The van der Waals surface area contributed by atoms with Crippen LogP contribution in [0.4, 0.5) is 5.69 Å². The van der Waals surface area contributed by atoms with Crippen LogP contribution in [0.5, 0.6) is 5.75 Å². The Hall–Kier alpha value is -3.56. The fraction of sp³-hybridized carbons (Fsp3) is 0.286. The number of anilines is 1. The van der Waals surface area contributed by atoms with Gasteiger partial charge in [0.25, 0.3) is 10.0 Å². The van der Waals surface area contributed by atoms with Gasteiger partial charge in [0.05, 0.1) is 17.7 Å². The summed E-state index contributed by atoms with van der Waals surface area (Å²) in [5, 5.41) is 3.16. The maximum atomic E-state index is 13.9. The molecule has 0 spiro atoms. The Morgan fingerprint density at radius 1 is 1.00 bits per heavy atom. The molecule has 8 nitrogen and oxygen atoms in total. The van der Waals surface area contributed by atoms with Gasteiger partial charge in [-0.3, -0.25) is 13.9 Å². The monoisotopic (exact) mass is 557 g/mol. The number of para-hydroxylation sites is 2. The summed E-state index contributed by atoms with van der Waals surface area (Å²) in [5.41, 5.74) is 1.72. The highest BCUT2D eigenvalue weighted by atomic mass is 35.5. The molecule has 1 atom stereocenters. The lowest BCUT2D eigenvalue weighted by atomic mass is 10.1. The summed E-state index contributed by atoms with van der Waals surface area (Å²) >= 11 is 6.36. The van der Waals surface area contributed by atoms with E-state index in [0.717, 1.165) is 9.87 Å². The highest BCUT2D eigenvalue weighted by Gasteiger charge is 2.33. The Labute approximate surface area is 229 Å². The maximum Gasteiger partial charge on any atom is 0.264 e. The number of sulfonamides is 1. The SMILES string of the molecule is CCNC(=O)[C@H](C)N(Cc1ccccc1Cl)C(=O)CN(c1ccccc1OC)S(=O)(=O)c1ccc(C)cc1. The van der Waals surface area contributed by atoms with Crippen molar-refractivity contribution in [1.82, 2.24) is 10.2 Å². The van der Waals surface area contributed by atoms with Gasteiger partial charge in [-0.05, 0) is 56.7 Å². The molecule has 0 saturated carbocycles. The molecule has 3 aromatic carbocycles. The first-order valence-electron chi connectivity index (χ1n) is 12.1. The van der Waals surface area contributed by atoms with Gasteiger partial charge in [0.2, 0.25) is 11.8 Å². The third kappa shape index (κ3) is 6.65. The third-order valence-electron chi connectivity index (χ3n) is 6.06. The summed E-state index contributed by atoms with van der Waals surface area (Å²) in [6, 6.07) is 19.1. The molecule has 0 aliphatic carbocycles. The van der Waals surface area contributed by atoms with Crippen LogP contribution in [0.1, 0.15) is 25.0 Å². The smallest absolute Gasteiger partial charge is 0.264 e. The second kappa shape index (κ2) is 12.8. The van der Waals surface area contributed by atoms with Crippen LogP contribution < -0.4 is 14.4 Å². The van der Waals surface area contributed by atoms with Crippen LogP contribution in [0.15, 0.2) is 77.7 Å². The Morgan fingerprint density at radius 3 is 2.26 bits per heavy atom. The van der Waals surface area contributed by atoms with Crippen LogP contribution in [0.3, 0.4) is 0 Å². The Kier molecular flexibility index (Phi) is 9.77. The normalized spacial score (nSPS) is 11.9. The van der Waals surface area contributed by atoms with E-state index in [0.29, 0.717) is 17.1 Å². The van der Waals surface area contributed by atoms with Crippen molar-refractivity contribution in [2.75, 3.05) is 24.5 Å². The van der Waals surface area contributed by atoms with Crippen molar-refractivity contribution < 1.29 is 22.7 Å². The zero-order valence-electron chi connectivity index (χ0n) is 21.8. The summed E-state index contributed by atoms with van der Waals surface area (Å²) in [6.45, 7) is 5.07. The Balaban J connectivity index is 2.08. The van der Waals surface area contributed by atoms with E-state index in [2.05, 4.69) is 5.32 Å². The van der Waals surface area contributed by atoms with Crippen LogP contribution in [0, 0.1) is 6.92 Å². The zero-order chi connectivity index (χ0) is 27.9. The number of methoxy groups -OCH3 is 1. The van der Waals surface area contributed by atoms with E-state index < -0.39 is 28.5 Å². The number of hydrogen-bond donors (Lipinski definition) is 1. The van der Waals surface area contributed by atoms with Gasteiger partial charge in [-0.25, -0.2) is 8.42 Å². The fourth-order valence-corrected chi connectivity index (χ4v) is 5.52. The number of likely N-dealkylation sites (N-methyl/N-ethyl adjacent to an activating group) is 1. The standard InChI is InChI=1S/C28H32ClN3O5S/c1-5-30-28(34)21(3)31(18-22-10-6-7-11-24(22)29)27(33)19-32(25-12-8-9-13-26(25)37-4)38(35,36)23-16-14-20(2)15-17-23/h6-17,21H,5,18-19H2,1-4H3,(H,30,34)/t21-/m0/s1. The molecule has 1 N–H and O–H groups in total.